The van der Waals surface area contributed by atoms with Crippen LogP contribution in [-0.4, -0.2) is 55.0 Å². The van der Waals surface area contributed by atoms with Crippen molar-refractivity contribution in [2.45, 2.75) is 26.2 Å². The summed E-state index contributed by atoms with van der Waals surface area (Å²) in [6.07, 6.45) is 2.57. The van der Waals surface area contributed by atoms with E-state index in [2.05, 4.69) is 26.0 Å². The number of urea groups is 1. The molecule has 2 aromatic carbocycles. The molecular formula is C25H28N2O5. The Morgan fingerprint density at radius 1 is 0.812 bits per heavy atom. The number of carbonyl (C=O) groups excluding carboxylic acids is 3. The average Bonchev–Trinajstić information content (AvgIpc) is 2.82. The summed E-state index contributed by atoms with van der Waals surface area (Å²) < 4.78 is 11.4. The predicted molar refractivity (Wildman–Crippen MR) is 121 cm³/mol. The molecule has 0 aliphatic carbocycles. The van der Waals surface area contributed by atoms with E-state index in [4.69, 9.17) is 9.47 Å². The first-order valence-corrected chi connectivity index (χ1v) is 10.6. The molecule has 1 aliphatic heterocycles. The molecule has 0 spiro atoms. The number of rotatable bonds is 8. The third-order valence-electron chi connectivity index (χ3n) is 5.52. The van der Waals surface area contributed by atoms with Gasteiger partial charge in [-0.2, -0.15) is 0 Å². The summed E-state index contributed by atoms with van der Waals surface area (Å²) in [5.41, 5.74) is 1.89. The van der Waals surface area contributed by atoms with E-state index < -0.39 is 17.8 Å². The number of likely N-dealkylation sites (N-methyl/N-ethyl adjacent to an activating group) is 2. The first kappa shape index (κ1) is 23.1. The van der Waals surface area contributed by atoms with Crippen LogP contribution in [0.1, 0.15) is 37.3 Å². The summed E-state index contributed by atoms with van der Waals surface area (Å²) in [7, 11) is 2.70. The number of carbonyl (C=O) groups is 3. The number of imide groups is 2. The largest absolute Gasteiger partial charge is 0.490 e. The smallest absolute Gasteiger partial charge is 0.333 e. The molecule has 1 heterocycles. The van der Waals surface area contributed by atoms with Gasteiger partial charge in [0, 0.05) is 14.1 Å². The van der Waals surface area contributed by atoms with Gasteiger partial charge in [-0.1, -0.05) is 38.1 Å². The van der Waals surface area contributed by atoms with Crippen molar-refractivity contribution < 1.29 is 23.9 Å². The van der Waals surface area contributed by atoms with Gasteiger partial charge in [-0.15, -0.1) is 0 Å². The third-order valence-corrected chi connectivity index (χ3v) is 5.52. The maximum Gasteiger partial charge on any atom is 0.333 e. The van der Waals surface area contributed by atoms with Crippen LogP contribution in [-0.2, 0) is 9.59 Å². The molecule has 1 fully saturated rings. The van der Waals surface area contributed by atoms with Crippen LogP contribution >= 0.6 is 0 Å². The maximum atomic E-state index is 12.3. The minimum atomic E-state index is -0.644. The minimum Gasteiger partial charge on any atom is -0.490 e. The number of barbiturate groups is 1. The molecule has 1 saturated heterocycles. The second-order valence-corrected chi connectivity index (χ2v) is 7.71. The van der Waals surface area contributed by atoms with Crippen molar-refractivity contribution >= 4 is 23.9 Å². The lowest BCUT2D eigenvalue weighted by molar-refractivity contribution is -0.134. The standard InChI is InChI=1S/C25H28N2O5/c1-5-17(2)19-8-12-21(13-9-19)32-15-14-31-20-10-6-18(7-11-20)16-22-23(28)26(3)25(30)27(4)24(22)29/h6-13,16-17H,5,14-15H2,1-4H3/t17-/m0/s1. The Morgan fingerprint density at radius 3 is 1.75 bits per heavy atom. The van der Waals surface area contributed by atoms with Gasteiger partial charge in [0.25, 0.3) is 11.8 Å². The zero-order valence-electron chi connectivity index (χ0n) is 18.8. The van der Waals surface area contributed by atoms with Crippen LogP contribution in [0.15, 0.2) is 54.1 Å². The van der Waals surface area contributed by atoms with Crippen molar-refractivity contribution in [1.82, 2.24) is 9.80 Å². The number of ether oxygens (including phenoxy) is 2. The molecule has 1 atom stereocenters. The highest BCUT2D eigenvalue weighted by atomic mass is 16.5. The molecule has 0 bridgehead atoms. The van der Waals surface area contributed by atoms with Crippen molar-refractivity contribution in [3.05, 3.63) is 65.2 Å². The van der Waals surface area contributed by atoms with Crippen LogP contribution in [0.5, 0.6) is 11.5 Å². The molecule has 0 saturated carbocycles. The molecule has 0 radical (unpaired) electrons. The monoisotopic (exact) mass is 436 g/mol. The normalized spacial score (nSPS) is 15.1. The van der Waals surface area contributed by atoms with E-state index >= 15 is 0 Å². The van der Waals surface area contributed by atoms with Crippen molar-refractivity contribution in [3.8, 4) is 11.5 Å². The van der Waals surface area contributed by atoms with Gasteiger partial charge in [0.05, 0.1) is 0 Å². The Labute approximate surface area is 188 Å². The summed E-state index contributed by atoms with van der Waals surface area (Å²) in [5.74, 6) is 0.747. The van der Waals surface area contributed by atoms with Crippen LogP contribution in [0.3, 0.4) is 0 Å². The molecule has 0 aromatic heterocycles. The number of hydrogen-bond acceptors (Lipinski definition) is 5. The molecule has 3 rings (SSSR count). The highest BCUT2D eigenvalue weighted by Gasteiger charge is 2.37. The molecule has 7 heteroatoms. The Bertz CT molecular complexity index is 986. The van der Waals surface area contributed by atoms with Crippen molar-refractivity contribution in [2.75, 3.05) is 27.3 Å². The zero-order chi connectivity index (χ0) is 23.3. The summed E-state index contributed by atoms with van der Waals surface area (Å²) in [5, 5.41) is 0. The van der Waals surface area contributed by atoms with Gasteiger partial charge in [-0.25, -0.2) is 4.79 Å². The molecule has 2 aromatic rings. The lowest BCUT2D eigenvalue weighted by atomic mass is 9.99. The Kier molecular flexibility index (Phi) is 7.30. The van der Waals surface area contributed by atoms with Gasteiger partial charge < -0.3 is 9.47 Å². The third kappa shape index (κ3) is 5.17. The van der Waals surface area contributed by atoms with E-state index in [9.17, 15) is 14.4 Å². The van der Waals surface area contributed by atoms with E-state index in [-0.39, 0.29) is 5.57 Å². The minimum absolute atomic E-state index is 0.0592. The van der Waals surface area contributed by atoms with Gasteiger partial charge in [0.1, 0.15) is 30.3 Å². The Morgan fingerprint density at radius 2 is 1.28 bits per heavy atom. The van der Waals surface area contributed by atoms with E-state index in [1.165, 1.54) is 25.7 Å². The van der Waals surface area contributed by atoms with E-state index in [1.807, 2.05) is 12.1 Å². The molecule has 0 N–H and O–H groups in total. The van der Waals surface area contributed by atoms with Gasteiger partial charge >= 0.3 is 6.03 Å². The van der Waals surface area contributed by atoms with E-state index in [0.29, 0.717) is 30.4 Å². The molecule has 1 aliphatic rings. The number of hydrogen-bond donors (Lipinski definition) is 0. The number of nitrogens with zero attached hydrogens (tertiary/aromatic N) is 2. The second-order valence-electron chi connectivity index (χ2n) is 7.71. The fourth-order valence-corrected chi connectivity index (χ4v) is 3.25. The first-order chi connectivity index (χ1) is 15.3. The fraction of sp³-hybridized carbons (Fsp3) is 0.320. The summed E-state index contributed by atoms with van der Waals surface area (Å²) in [6, 6.07) is 14.5. The van der Waals surface area contributed by atoms with Crippen LogP contribution in [0.2, 0.25) is 0 Å². The lowest BCUT2D eigenvalue weighted by Gasteiger charge is -2.28. The first-order valence-electron chi connectivity index (χ1n) is 10.6. The average molecular weight is 437 g/mol. The maximum absolute atomic E-state index is 12.3. The fourth-order valence-electron chi connectivity index (χ4n) is 3.25. The molecule has 168 valence electrons. The van der Waals surface area contributed by atoms with Crippen molar-refractivity contribution in [2.24, 2.45) is 0 Å². The Hall–Kier alpha value is -3.61. The lowest BCUT2D eigenvalue weighted by Crippen LogP contribution is -2.52. The van der Waals surface area contributed by atoms with Gasteiger partial charge in [-0.05, 0) is 53.8 Å². The highest BCUT2D eigenvalue weighted by molar-refractivity contribution is 6.30. The van der Waals surface area contributed by atoms with Crippen LogP contribution < -0.4 is 9.47 Å². The van der Waals surface area contributed by atoms with E-state index in [1.54, 1.807) is 24.3 Å². The quantitative estimate of drug-likeness (QED) is 0.354. The summed E-state index contributed by atoms with van der Waals surface area (Å²) >= 11 is 0. The van der Waals surface area contributed by atoms with Gasteiger partial charge in [0.2, 0.25) is 0 Å². The van der Waals surface area contributed by atoms with Crippen LogP contribution in [0.25, 0.3) is 6.08 Å². The summed E-state index contributed by atoms with van der Waals surface area (Å²) in [6.45, 7) is 5.16. The highest BCUT2D eigenvalue weighted by Crippen LogP contribution is 2.22. The van der Waals surface area contributed by atoms with Crippen molar-refractivity contribution in [1.29, 1.82) is 0 Å². The van der Waals surface area contributed by atoms with Crippen LogP contribution in [0.4, 0.5) is 4.79 Å². The Balaban J connectivity index is 1.53. The SMILES string of the molecule is CC[C@H](C)c1ccc(OCCOc2ccc(C=C3C(=O)N(C)C(=O)N(C)C3=O)cc2)cc1. The van der Waals surface area contributed by atoms with Gasteiger partial charge in [-0.3, -0.25) is 19.4 Å². The molecular weight excluding hydrogens is 408 g/mol. The molecule has 4 amide bonds. The second kappa shape index (κ2) is 10.1. The zero-order valence-corrected chi connectivity index (χ0v) is 18.8. The predicted octanol–water partition coefficient (Wildman–Crippen LogP) is 4.09. The number of amides is 4. The molecule has 7 nitrogen and oxygen atoms in total. The van der Waals surface area contributed by atoms with Crippen molar-refractivity contribution in [3.63, 3.8) is 0 Å². The van der Waals surface area contributed by atoms with E-state index in [0.717, 1.165) is 22.0 Å². The molecule has 0 unspecified atom stereocenters. The number of benzene rings is 2. The summed E-state index contributed by atoms with van der Waals surface area (Å²) in [4.78, 5) is 38.2. The van der Waals surface area contributed by atoms with Crippen LogP contribution in [0, 0.1) is 0 Å². The van der Waals surface area contributed by atoms with Gasteiger partial charge in [0.15, 0.2) is 0 Å². The molecule has 32 heavy (non-hydrogen) atoms. The topological polar surface area (TPSA) is 76.2 Å².